The maximum absolute atomic E-state index is 10.1. The highest BCUT2D eigenvalue weighted by Crippen LogP contribution is 2.56. The average molecular weight is 375 g/mol. The van der Waals surface area contributed by atoms with Crippen LogP contribution in [0.3, 0.4) is 0 Å². The molecule has 0 saturated carbocycles. The molecular formula is C25H30N2O. The molecule has 1 heterocycles. The zero-order chi connectivity index (χ0) is 20.4. The van der Waals surface area contributed by atoms with Gasteiger partial charge in [0.25, 0.3) is 0 Å². The average Bonchev–Trinajstić information content (AvgIpc) is 2.90. The van der Waals surface area contributed by atoms with Gasteiger partial charge >= 0.3 is 0 Å². The summed E-state index contributed by atoms with van der Waals surface area (Å²) in [4.78, 5) is 0. The SMILES string of the molecule is CCCCCC1(C)OC(N)=C(C#N)C1(c1ccc(C)cc1)c1ccc(C)cc1. The summed E-state index contributed by atoms with van der Waals surface area (Å²) in [5.41, 5.74) is 9.96. The second kappa shape index (κ2) is 7.72. The van der Waals surface area contributed by atoms with Gasteiger partial charge in [-0.05, 0) is 44.7 Å². The van der Waals surface area contributed by atoms with E-state index in [1.54, 1.807) is 0 Å². The Hall–Kier alpha value is -2.73. The van der Waals surface area contributed by atoms with Crippen molar-refractivity contribution < 1.29 is 4.74 Å². The van der Waals surface area contributed by atoms with Crippen LogP contribution in [-0.2, 0) is 10.2 Å². The minimum absolute atomic E-state index is 0.252. The van der Waals surface area contributed by atoms with Crippen LogP contribution in [0.25, 0.3) is 0 Å². The molecular weight excluding hydrogens is 344 g/mol. The van der Waals surface area contributed by atoms with Crippen molar-refractivity contribution in [3.63, 3.8) is 0 Å². The molecule has 1 atom stereocenters. The van der Waals surface area contributed by atoms with Crippen LogP contribution in [0.2, 0.25) is 0 Å². The second-order valence-electron chi connectivity index (χ2n) is 8.12. The molecule has 0 saturated heterocycles. The highest BCUT2D eigenvalue weighted by Gasteiger charge is 2.60. The number of nitrogens with two attached hydrogens (primary N) is 1. The first-order valence-corrected chi connectivity index (χ1v) is 10.1. The number of benzene rings is 2. The first-order chi connectivity index (χ1) is 13.4. The molecule has 0 aromatic heterocycles. The molecule has 2 aromatic carbocycles. The molecule has 0 radical (unpaired) electrons. The van der Waals surface area contributed by atoms with Crippen LogP contribution in [-0.4, -0.2) is 5.60 Å². The topological polar surface area (TPSA) is 59.0 Å². The number of ether oxygens (including phenoxy) is 1. The van der Waals surface area contributed by atoms with E-state index < -0.39 is 11.0 Å². The predicted molar refractivity (Wildman–Crippen MR) is 114 cm³/mol. The maximum atomic E-state index is 10.1. The number of nitriles is 1. The fourth-order valence-electron chi connectivity index (χ4n) is 4.58. The van der Waals surface area contributed by atoms with Crippen LogP contribution in [0.1, 0.15) is 61.8 Å². The highest BCUT2D eigenvalue weighted by molar-refractivity contribution is 5.60. The monoisotopic (exact) mass is 374 g/mol. The van der Waals surface area contributed by atoms with Crippen molar-refractivity contribution in [2.75, 3.05) is 0 Å². The van der Waals surface area contributed by atoms with Gasteiger partial charge < -0.3 is 10.5 Å². The molecule has 0 amide bonds. The third kappa shape index (κ3) is 3.07. The molecule has 3 rings (SSSR count). The first kappa shape index (κ1) is 20.0. The summed E-state index contributed by atoms with van der Waals surface area (Å²) < 4.78 is 6.32. The number of unbranched alkanes of at least 4 members (excludes halogenated alkanes) is 2. The Morgan fingerprint density at radius 3 is 1.86 bits per heavy atom. The normalized spacial score (nSPS) is 20.7. The third-order valence-corrected chi connectivity index (χ3v) is 6.09. The van der Waals surface area contributed by atoms with Gasteiger partial charge in [0.2, 0.25) is 0 Å². The van der Waals surface area contributed by atoms with E-state index in [1.165, 1.54) is 11.1 Å². The van der Waals surface area contributed by atoms with Crippen molar-refractivity contribution in [1.29, 1.82) is 5.26 Å². The largest absolute Gasteiger partial charge is 0.471 e. The van der Waals surface area contributed by atoms with Crippen LogP contribution >= 0.6 is 0 Å². The quantitative estimate of drug-likeness (QED) is 0.664. The summed E-state index contributed by atoms with van der Waals surface area (Å²) in [6, 6.07) is 19.3. The van der Waals surface area contributed by atoms with Crippen molar-refractivity contribution in [3.05, 3.63) is 82.2 Å². The fraction of sp³-hybridized carbons (Fsp3) is 0.400. The van der Waals surface area contributed by atoms with E-state index in [0.717, 1.165) is 36.8 Å². The number of hydrogen-bond acceptors (Lipinski definition) is 3. The van der Waals surface area contributed by atoms with Gasteiger partial charge in [-0.15, -0.1) is 0 Å². The lowest BCUT2D eigenvalue weighted by Gasteiger charge is -2.43. The van der Waals surface area contributed by atoms with Crippen LogP contribution < -0.4 is 5.73 Å². The summed E-state index contributed by atoms with van der Waals surface area (Å²) in [7, 11) is 0. The van der Waals surface area contributed by atoms with Crippen LogP contribution in [0.4, 0.5) is 0 Å². The van der Waals surface area contributed by atoms with E-state index in [1.807, 2.05) is 0 Å². The summed E-state index contributed by atoms with van der Waals surface area (Å²) in [6.45, 7) is 8.45. The van der Waals surface area contributed by atoms with Crippen molar-refractivity contribution in [3.8, 4) is 6.07 Å². The van der Waals surface area contributed by atoms with Crippen molar-refractivity contribution >= 4 is 0 Å². The Labute approximate surface area is 168 Å². The Balaban J connectivity index is 2.31. The van der Waals surface area contributed by atoms with Crippen LogP contribution in [0, 0.1) is 25.2 Å². The molecule has 0 fully saturated rings. The minimum atomic E-state index is -0.721. The molecule has 3 heteroatoms. The molecule has 1 unspecified atom stereocenters. The Bertz CT molecular complexity index is 858. The zero-order valence-electron chi connectivity index (χ0n) is 17.4. The van der Waals surface area contributed by atoms with Gasteiger partial charge in [-0.25, -0.2) is 0 Å². The molecule has 0 aliphatic carbocycles. The van der Waals surface area contributed by atoms with Crippen molar-refractivity contribution in [1.82, 2.24) is 0 Å². The van der Waals surface area contributed by atoms with Crippen LogP contribution in [0.15, 0.2) is 60.0 Å². The van der Waals surface area contributed by atoms with E-state index in [2.05, 4.69) is 82.3 Å². The molecule has 2 N–H and O–H groups in total. The standard InChI is InChI=1S/C25H30N2O/c1-5-6-7-16-24(4)25(22(17-26)23(27)28-24,20-12-8-18(2)9-13-20)21-14-10-19(3)11-15-21/h8-15H,5-7,16,27H2,1-4H3. The first-order valence-electron chi connectivity index (χ1n) is 10.1. The van der Waals surface area contributed by atoms with Gasteiger partial charge in [0, 0.05) is 0 Å². The molecule has 1 aliphatic rings. The van der Waals surface area contributed by atoms with Gasteiger partial charge in [-0.1, -0.05) is 79.4 Å². The Morgan fingerprint density at radius 2 is 1.43 bits per heavy atom. The van der Waals surface area contributed by atoms with E-state index in [0.29, 0.717) is 5.57 Å². The zero-order valence-corrected chi connectivity index (χ0v) is 17.4. The smallest absolute Gasteiger partial charge is 0.200 e. The minimum Gasteiger partial charge on any atom is -0.471 e. The predicted octanol–water partition coefficient (Wildman–Crippen LogP) is 5.65. The Kier molecular flexibility index (Phi) is 5.52. The lowest BCUT2D eigenvalue weighted by Crippen LogP contribution is -2.49. The molecule has 28 heavy (non-hydrogen) atoms. The number of aryl methyl sites for hydroxylation is 2. The van der Waals surface area contributed by atoms with Gasteiger partial charge in [-0.2, -0.15) is 5.26 Å². The van der Waals surface area contributed by atoms with Crippen molar-refractivity contribution in [2.24, 2.45) is 5.73 Å². The van der Waals surface area contributed by atoms with E-state index >= 15 is 0 Å². The second-order valence-corrected chi connectivity index (χ2v) is 8.12. The van der Waals surface area contributed by atoms with E-state index in [4.69, 9.17) is 10.5 Å². The number of rotatable bonds is 6. The molecule has 1 aliphatic heterocycles. The third-order valence-electron chi connectivity index (χ3n) is 6.09. The number of hydrogen-bond donors (Lipinski definition) is 1. The lowest BCUT2D eigenvalue weighted by atomic mass is 9.59. The van der Waals surface area contributed by atoms with E-state index in [-0.39, 0.29) is 5.88 Å². The highest BCUT2D eigenvalue weighted by atomic mass is 16.5. The molecule has 0 spiro atoms. The number of nitrogens with zero attached hydrogens (tertiary/aromatic N) is 1. The molecule has 3 nitrogen and oxygen atoms in total. The van der Waals surface area contributed by atoms with Gasteiger partial charge in [-0.3, -0.25) is 0 Å². The van der Waals surface area contributed by atoms with Crippen molar-refractivity contribution in [2.45, 2.75) is 64.4 Å². The molecule has 0 bridgehead atoms. The van der Waals surface area contributed by atoms with Crippen LogP contribution in [0.5, 0.6) is 0 Å². The Morgan fingerprint density at radius 1 is 0.929 bits per heavy atom. The summed E-state index contributed by atoms with van der Waals surface area (Å²) >= 11 is 0. The molecule has 146 valence electrons. The fourth-order valence-corrected chi connectivity index (χ4v) is 4.58. The lowest BCUT2D eigenvalue weighted by molar-refractivity contribution is -0.00449. The van der Waals surface area contributed by atoms with Gasteiger partial charge in [0.05, 0.1) is 5.41 Å². The summed E-state index contributed by atoms with van der Waals surface area (Å²) in [5, 5.41) is 10.1. The van der Waals surface area contributed by atoms with Gasteiger partial charge in [0.1, 0.15) is 17.2 Å². The maximum Gasteiger partial charge on any atom is 0.200 e. The van der Waals surface area contributed by atoms with Gasteiger partial charge in [0.15, 0.2) is 5.88 Å². The summed E-state index contributed by atoms with van der Waals surface area (Å²) in [5.74, 6) is 0.252. The summed E-state index contributed by atoms with van der Waals surface area (Å²) in [6.07, 6.45) is 4.11. The molecule has 2 aromatic rings. The van der Waals surface area contributed by atoms with E-state index in [9.17, 15) is 5.26 Å².